The minimum Gasteiger partial charge on any atom is -0.497 e. The molecule has 0 spiro atoms. The lowest BCUT2D eigenvalue weighted by Gasteiger charge is -2.26. The van der Waals surface area contributed by atoms with Crippen LogP contribution in [0.1, 0.15) is 37.2 Å². The number of amides is 1. The molecule has 2 aliphatic rings. The Labute approximate surface area is 132 Å². The summed E-state index contributed by atoms with van der Waals surface area (Å²) in [4.78, 5) is 14.5. The van der Waals surface area contributed by atoms with Gasteiger partial charge < -0.3 is 15.0 Å². The fraction of sp³-hybridized carbons (Fsp3) is 0.611. The molecule has 0 unspecified atom stereocenters. The topological polar surface area (TPSA) is 41.6 Å². The Balaban J connectivity index is 1.64. The minimum atomic E-state index is 0.214. The van der Waals surface area contributed by atoms with Gasteiger partial charge in [0.1, 0.15) is 5.75 Å². The van der Waals surface area contributed by atoms with Crippen LogP contribution in [0.4, 0.5) is 0 Å². The van der Waals surface area contributed by atoms with E-state index in [-0.39, 0.29) is 11.9 Å². The van der Waals surface area contributed by atoms with Crippen LogP contribution < -0.4 is 10.1 Å². The lowest BCUT2D eigenvalue weighted by atomic mass is 9.82. The van der Waals surface area contributed by atoms with Crippen molar-refractivity contribution in [2.45, 2.75) is 37.6 Å². The number of carbonyl (C=O) groups excluding carboxylic acids is 1. The second kappa shape index (κ2) is 6.69. The number of carbonyl (C=O) groups is 1. The summed E-state index contributed by atoms with van der Waals surface area (Å²) in [5.74, 6) is 2.09. The molecule has 3 rings (SSSR count). The van der Waals surface area contributed by atoms with Gasteiger partial charge >= 0.3 is 0 Å². The van der Waals surface area contributed by atoms with Crippen molar-refractivity contribution in [2.24, 2.45) is 5.92 Å². The van der Waals surface area contributed by atoms with Gasteiger partial charge in [-0.3, -0.25) is 4.79 Å². The van der Waals surface area contributed by atoms with Crippen molar-refractivity contribution in [2.75, 3.05) is 27.2 Å². The van der Waals surface area contributed by atoms with Crippen LogP contribution >= 0.6 is 0 Å². The van der Waals surface area contributed by atoms with Crippen molar-refractivity contribution in [1.82, 2.24) is 10.2 Å². The van der Waals surface area contributed by atoms with E-state index in [4.69, 9.17) is 4.74 Å². The van der Waals surface area contributed by atoms with Gasteiger partial charge in [-0.25, -0.2) is 0 Å². The molecule has 1 saturated heterocycles. The van der Waals surface area contributed by atoms with E-state index in [2.05, 4.69) is 29.4 Å². The normalized spacial score (nSPS) is 25.7. The average molecular weight is 302 g/mol. The summed E-state index contributed by atoms with van der Waals surface area (Å²) in [6, 6.07) is 8.45. The molecule has 22 heavy (non-hydrogen) atoms. The van der Waals surface area contributed by atoms with Crippen molar-refractivity contribution in [3.63, 3.8) is 0 Å². The Kier molecular flexibility index (Phi) is 4.67. The van der Waals surface area contributed by atoms with Gasteiger partial charge in [0.25, 0.3) is 0 Å². The highest BCUT2D eigenvalue weighted by Gasteiger charge is 2.33. The Hall–Kier alpha value is -1.55. The van der Waals surface area contributed by atoms with Crippen LogP contribution in [0.2, 0.25) is 0 Å². The van der Waals surface area contributed by atoms with E-state index in [0.717, 1.165) is 18.8 Å². The minimum absolute atomic E-state index is 0.214. The number of nitrogens with one attached hydrogen (secondary N) is 1. The summed E-state index contributed by atoms with van der Waals surface area (Å²) in [6.45, 7) is 1.91. The van der Waals surface area contributed by atoms with Crippen LogP contribution in [0.3, 0.4) is 0 Å². The molecule has 2 atom stereocenters. The van der Waals surface area contributed by atoms with Gasteiger partial charge in [0, 0.05) is 31.5 Å². The van der Waals surface area contributed by atoms with Crippen molar-refractivity contribution >= 4 is 5.91 Å². The first-order chi connectivity index (χ1) is 10.7. The Bertz CT molecular complexity index is 510. The SMILES string of the molecule is COc1ccc([C@H]2CN(C)C[C@@H]2NC(=O)CC2CCC2)cc1. The van der Waals surface area contributed by atoms with Crippen LogP contribution in [0.25, 0.3) is 0 Å². The number of hydrogen-bond donors (Lipinski definition) is 1. The summed E-state index contributed by atoms with van der Waals surface area (Å²) >= 11 is 0. The highest BCUT2D eigenvalue weighted by molar-refractivity contribution is 5.76. The van der Waals surface area contributed by atoms with Gasteiger partial charge in [0.15, 0.2) is 0 Å². The molecule has 1 aliphatic carbocycles. The predicted octanol–water partition coefficient (Wildman–Crippen LogP) is 2.40. The lowest BCUT2D eigenvalue weighted by molar-refractivity contribution is -0.123. The Morgan fingerprint density at radius 2 is 2.00 bits per heavy atom. The number of benzene rings is 1. The smallest absolute Gasteiger partial charge is 0.220 e. The quantitative estimate of drug-likeness (QED) is 0.908. The van der Waals surface area contributed by atoms with E-state index in [0.29, 0.717) is 18.3 Å². The third-order valence-corrected chi connectivity index (χ3v) is 5.09. The molecule has 0 aromatic heterocycles. The van der Waals surface area contributed by atoms with Crippen LogP contribution in [-0.2, 0) is 4.79 Å². The third kappa shape index (κ3) is 3.43. The number of hydrogen-bond acceptors (Lipinski definition) is 3. The highest BCUT2D eigenvalue weighted by atomic mass is 16.5. The zero-order valence-corrected chi connectivity index (χ0v) is 13.5. The number of rotatable bonds is 5. The number of ether oxygens (including phenoxy) is 1. The number of methoxy groups -OCH3 is 1. The van der Waals surface area contributed by atoms with E-state index < -0.39 is 0 Å². The van der Waals surface area contributed by atoms with Crippen LogP contribution in [0.15, 0.2) is 24.3 Å². The molecule has 1 aromatic carbocycles. The number of likely N-dealkylation sites (tertiary alicyclic amines) is 1. The van der Waals surface area contributed by atoms with Crippen molar-refractivity contribution in [3.05, 3.63) is 29.8 Å². The molecule has 1 aliphatic heterocycles. The summed E-state index contributed by atoms with van der Waals surface area (Å²) < 4.78 is 5.23. The maximum Gasteiger partial charge on any atom is 0.220 e. The fourth-order valence-electron chi connectivity index (χ4n) is 3.56. The first-order valence-corrected chi connectivity index (χ1v) is 8.27. The first-order valence-electron chi connectivity index (χ1n) is 8.27. The predicted molar refractivity (Wildman–Crippen MR) is 87.1 cm³/mol. The summed E-state index contributed by atoms with van der Waals surface area (Å²) in [7, 11) is 3.80. The van der Waals surface area contributed by atoms with E-state index in [9.17, 15) is 4.79 Å². The first kappa shape index (κ1) is 15.3. The molecular weight excluding hydrogens is 276 g/mol. The molecule has 2 fully saturated rings. The molecule has 120 valence electrons. The molecule has 4 heteroatoms. The average Bonchev–Trinajstić information content (AvgIpc) is 2.83. The Morgan fingerprint density at radius 1 is 1.27 bits per heavy atom. The van der Waals surface area contributed by atoms with Gasteiger partial charge in [0.2, 0.25) is 5.91 Å². The van der Waals surface area contributed by atoms with Crippen LogP contribution in [-0.4, -0.2) is 44.1 Å². The van der Waals surface area contributed by atoms with Gasteiger partial charge in [-0.2, -0.15) is 0 Å². The number of likely N-dealkylation sites (N-methyl/N-ethyl adjacent to an activating group) is 1. The van der Waals surface area contributed by atoms with Gasteiger partial charge in [-0.15, -0.1) is 0 Å². The third-order valence-electron chi connectivity index (χ3n) is 5.09. The fourth-order valence-corrected chi connectivity index (χ4v) is 3.56. The largest absolute Gasteiger partial charge is 0.497 e. The molecular formula is C18H26N2O2. The highest BCUT2D eigenvalue weighted by Crippen LogP contribution is 2.31. The zero-order valence-electron chi connectivity index (χ0n) is 13.5. The van der Waals surface area contributed by atoms with Crippen molar-refractivity contribution in [1.29, 1.82) is 0 Å². The van der Waals surface area contributed by atoms with Gasteiger partial charge in [-0.05, 0) is 43.5 Å². The van der Waals surface area contributed by atoms with Crippen LogP contribution in [0.5, 0.6) is 5.75 Å². The van der Waals surface area contributed by atoms with E-state index in [1.54, 1.807) is 7.11 Å². The van der Waals surface area contributed by atoms with E-state index in [1.807, 2.05) is 12.1 Å². The molecule has 1 N–H and O–H groups in total. The molecule has 0 radical (unpaired) electrons. The maximum atomic E-state index is 12.2. The maximum absolute atomic E-state index is 12.2. The second-order valence-corrected chi connectivity index (χ2v) is 6.78. The van der Waals surface area contributed by atoms with Crippen molar-refractivity contribution in [3.8, 4) is 5.75 Å². The molecule has 1 amide bonds. The summed E-state index contributed by atoms with van der Waals surface area (Å²) in [6.07, 6.45) is 4.44. The summed E-state index contributed by atoms with van der Waals surface area (Å²) in [5.41, 5.74) is 1.28. The molecule has 0 bridgehead atoms. The molecule has 1 heterocycles. The van der Waals surface area contributed by atoms with E-state index in [1.165, 1.54) is 24.8 Å². The molecule has 1 aromatic rings. The monoisotopic (exact) mass is 302 g/mol. The van der Waals surface area contributed by atoms with Crippen molar-refractivity contribution < 1.29 is 9.53 Å². The van der Waals surface area contributed by atoms with Gasteiger partial charge in [-0.1, -0.05) is 18.6 Å². The van der Waals surface area contributed by atoms with E-state index >= 15 is 0 Å². The van der Waals surface area contributed by atoms with Crippen LogP contribution in [0, 0.1) is 5.92 Å². The molecule has 4 nitrogen and oxygen atoms in total. The lowest BCUT2D eigenvalue weighted by Crippen LogP contribution is -2.40. The number of nitrogens with zero attached hydrogens (tertiary/aromatic N) is 1. The standard InChI is InChI=1S/C18H26N2O2/c1-20-11-16(14-6-8-15(22-2)9-7-14)17(12-20)19-18(21)10-13-4-3-5-13/h6-9,13,16-17H,3-5,10-12H2,1-2H3,(H,19,21)/t16-,17+/m1/s1. The zero-order chi connectivity index (χ0) is 15.5. The Morgan fingerprint density at radius 3 is 2.59 bits per heavy atom. The summed E-state index contributed by atoms with van der Waals surface area (Å²) in [5, 5.41) is 3.27. The second-order valence-electron chi connectivity index (χ2n) is 6.78. The molecule has 1 saturated carbocycles. The van der Waals surface area contributed by atoms with Gasteiger partial charge in [0.05, 0.1) is 7.11 Å².